The van der Waals surface area contributed by atoms with Crippen LogP contribution in [0.2, 0.25) is 0 Å². The van der Waals surface area contributed by atoms with Gasteiger partial charge in [-0.2, -0.15) is 0 Å². The number of rotatable bonds is 46. The number of aliphatic carboxylic acids is 1. The number of esters is 1. The third kappa shape index (κ3) is 43.5. The van der Waals surface area contributed by atoms with Crippen molar-refractivity contribution in [3.05, 3.63) is 36.5 Å². The zero-order valence-electron chi connectivity index (χ0n) is 38.9. The van der Waals surface area contributed by atoms with Crippen LogP contribution in [0.25, 0.3) is 0 Å². The van der Waals surface area contributed by atoms with Crippen molar-refractivity contribution in [3.8, 4) is 0 Å². The molecule has 2 atom stereocenters. The minimum absolute atomic E-state index is 0.00659. The molecule has 7 nitrogen and oxygen atoms in total. The van der Waals surface area contributed by atoms with Crippen molar-refractivity contribution >= 4 is 17.8 Å². The van der Waals surface area contributed by atoms with E-state index in [1.807, 2.05) is 0 Å². The van der Waals surface area contributed by atoms with Gasteiger partial charge in [0.25, 0.3) is 0 Å². The summed E-state index contributed by atoms with van der Waals surface area (Å²) in [4.78, 5) is 36.5. The Balaban J connectivity index is 4.33. The number of carbonyl (C=O) groups excluding carboxylic acids is 2. The summed E-state index contributed by atoms with van der Waals surface area (Å²) < 4.78 is 6.07. The van der Waals surface area contributed by atoms with Crippen molar-refractivity contribution in [1.82, 2.24) is 5.32 Å². The van der Waals surface area contributed by atoms with Crippen LogP contribution in [-0.2, 0) is 19.1 Å². The van der Waals surface area contributed by atoms with Crippen LogP contribution < -0.4 is 11.1 Å². The molecule has 0 aromatic heterocycles. The second kappa shape index (κ2) is 46.7. The largest absolute Gasteiger partial charge is 0.480 e. The topological polar surface area (TPSA) is 119 Å². The molecule has 0 rings (SSSR count). The number of carboxylic acids is 1. The molecule has 0 aromatic rings. The van der Waals surface area contributed by atoms with Gasteiger partial charge in [-0.25, -0.2) is 4.79 Å². The van der Waals surface area contributed by atoms with E-state index in [0.717, 1.165) is 77.0 Å². The molecular formula is C52H96N2O5. The van der Waals surface area contributed by atoms with E-state index in [2.05, 4.69) is 55.6 Å². The quantitative estimate of drug-likeness (QED) is 0.0319. The first-order valence-corrected chi connectivity index (χ1v) is 25.3. The lowest BCUT2D eigenvalue weighted by molar-refractivity contribution is -0.150. The third-order valence-electron chi connectivity index (χ3n) is 11.4. The van der Waals surface area contributed by atoms with E-state index in [-0.39, 0.29) is 18.0 Å². The van der Waals surface area contributed by atoms with Crippen LogP contribution >= 0.6 is 0 Å². The second-order valence-electron chi connectivity index (χ2n) is 17.2. The Bertz CT molecular complexity index is 1020. The Morgan fingerprint density at radius 2 is 0.881 bits per heavy atom. The zero-order valence-corrected chi connectivity index (χ0v) is 38.9. The van der Waals surface area contributed by atoms with E-state index in [9.17, 15) is 19.5 Å². The highest BCUT2D eigenvalue weighted by atomic mass is 16.5. The molecule has 0 aliphatic carbocycles. The van der Waals surface area contributed by atoms with Crippen LogP contribution in [0.5, 0.6) is 0 Å². The minimum Gasteiger partial charge on any atom is -0.480 e. The highest BCUT2D eigenvalue weighted by molar-refractivity contribution is 5.83. The summed E-state index contributed by atoms with van der Waals surface area (Å²) in [6.45, 7) is 4.95. The van der Waals surface area contributed by atoms with Crippen LogP contribution in [0.4, 0.5) is 0 Å². The third-order valence-corrected chi connectivity index (χ3v) is 11.4. The first-order valence-electron chi connectivity index (χ1n) is 25.3. The fourth-order valence-electron chi connectivity index (χ4n) is 7.59. The van der Waals surface area contributed by atoms with Crippen LogP contribution in [0.1, 0.15) is 258 Å². The highest BCUT2D eigenvalue weighted by Crippen LogP contribution is 2.19. The number of carbonyl (C=O) groups is 3. The maximum atomic E-state index is 12.9. The molecule has 0 radical (unpaired) electrons. The lowest BCUT2D eigenvalue weighted by Gasteiger charge is -2.18. The Morgan fingerprint density at radius 3 is 1.36 bits per heavy atom. The van der Waals surface area contributed by atoms with Crippen LogP contribution in [-0.4, -0.2) is 41.6 Å². The molecule has 59 heavy (non-hydrogen) atoms. The molecule has 0 fully saturated rings. The molecule has 0 spiro atoms. The standard InChI is InChI=1S/C52H96N2O5/c1-3-5-7-9-11-13-15-17-19-20-21-23-25-27-29-31-36-40-46-51(56)59-48(42-37-33-30-28-26-24-22-18-16-14-12-10-8-6-4-2)43-38-34-32-35-39-45-50(55)54-49(52(57)58)44-41-47-53/h13,15,19-20,24,26,48-49H,3-12,14,16-18,21-23,25,27-47,53H2,1-2H3,(H,54,55)(H,57,58)/b15-13-,20-19-,26-24-. The number of amides is 1. The first kappa shape index (κ1) is 56.6. The van der Waals surface area contributed by atoms with Crippen molar-refractivity contribution in [3.63, 3.8) is 0 Å². The monoisotopic (exact) mass is 829 g/mol. The lowest BCUT2D eigenvalue weighted by Crippen LogP contribution is -2.40. The number of nitrogens with two attached hydrogens (primary N) is 1. The van der Waals surface area contributed by atoms with E-state index in [1.54, 1.807) is 0 Å². The van der Waals surface area contributed by atoms with Crippen molar-refractivity contribution < 1.29 is 24.2 Å². The number of hydrogen-bond acceptors (Lipinski definition) is 5. The van der Waals surface area contributed by atoms with Gasteiger partial charge in [-0.1, -0.05) is 172 Å². The zero-order chi connectivity index (χ0) is 43.1. The van der Waals surface area contributed by atoms with Crippen molar-refractivity contribution in [2.45, 2.75) is 270 Å². The summed E-state index contributed by atoms with van der Waals surface area (Å²) >= 11 is 0. The van der Waals surface area contributed by atoms with Gasteiger partial charge >= 0.3 is 11.9 Å². The molecular weight excluding hydrogens is 733 g/mol. The SMILES string of the molecule is CCCCCC/C=C\C/C=C\CCCCCCCCCC(=O)OC(CCCCC/C=C\CCCCCCCCCC)CCCCCCCC(=O)NC(CCCN)C(=O)O. The fourth-order valence-corrected chi connectivity index (χ4v) is 7.59. The molecule has 0 saturated carbocycles. The van der Waals surface area contributed by atoms with Gasteiger partial charge in [0.15, 0.2) is 0 Å². The van der Waals surface area contributed by atoms with Crippen molar-refractivity contribution in [2.24, 2.45) is 5.73 Å². The molecule has 0 bridgehead atoms. The van der Waals surface area contributed by atoms with E-state index in [4.69, 9.17) is 10.5 Å². The van der Waals surface area contributed by atoms with Crippen molar-refractivity contribution in [1.29, 1.82) is 0 Å². The number of carboxylic acid groups (broad SMARTS) is 1. The molecule has 2 unspecified atom stereocenters. The van der Waals surface area contributed by atoms with Crippen LogP contribution in [0.3, 0.4) is 0 Å². The molecule has 0 heterocycles. The Labute approximate surface area is 365 Å². The molecule has 0 aliphatic rings. The summed E-state index contributed by atoms with van der Waals surface area (Å²) in [6.07, 6.45) is 56.2. The smallest absolute Gasteiger partial charge is 0.326 e. The number of nitrogens with one attached hydrogen (secondary N) is 1. The molecule has 0 saturated heterocycles. The van der Waals surface area contributed by atoms with Gasteiger partial charge in [-0.3, -0.25) is 9.59 Å². The molecule has 344 valence electrons. The predicted molar refractivity (Wildman–Crippen MR) is 253 cm³/mol. The van der Waals surface area contributed by atoms with E-state index >= 15 is 0 Å². The fraction of sp³-hybridized carbons (Fsp3) is 0.827. The maximum absolute atomic E-state index is 12.9. The van der Waals surface area contributed by atoms with E-state index in [1.165, 1.54) is 141 Å². The number of ether oxygens (including phenoxy) is 1. The van der Waals surface area contributed by atoms with E-state index in [0.29, 0.717) is 32.2 Å². The molecule has 7 heteroatoms. The summed E-state index contributed by atoms with van der Waals surface area (Å²) in [5.41, 5.74) is 5.50. The van der Waals surface area contributed by atoms with Crippen LogP contribution in [0.15, 0.2) is 36.5 Å². The number of hydrogen-bond donors (Lipinski definition) is 3. The average molecular weight is 829 g/mol. The van der Waals surface area contributed by atoms with Gasteiger partial charge in [-0.15, -0.1) is 0 Å². The van der Waals surface area contributed by atoms with Gasteiger partial charge in [0.2, 0.25) is 5.91 Å². The predicted octanol–water partition coefficient (Wildman–Crippen LogP) is 15.0. The molecule has 4 N–H and O–H groups in total. The average Bonchev–Trinajstić information content (AvgIpc) is 3.22. The summed E-state index contributed by atoms with van der Waals surface area (Å²) in [5.74, 6) is -1.24. The molecule has 1 amide bonds. The Morgan fingerprint density at radius 1 is 0.492 bits per heavy atom. The number of allylic oxidation sites excluding steroid dienone is 6. The van der Waals surface area contributed by atoms with Gasteiger partial charge in [-0.05, 0) is 116 Å². The Hall–Kier alpha value is -2.41. The molecule has 0 aromatic carbocycles. The summed E-state index contributed by atoms with van der Waals surface area (Å²) in [5, 5.41) is 12.0. The van der Waals surface area contributed by atoms with Crippen LogP contribution in [0, 0.1) is 0 Å². The highest BCUT2D eigenvalue weighted by Gasteiger charge is 2.19. The summed E-state index contributed by atoms with van der Waals surface area (Å²) in [7, 11) is 0. The minimum atomic E-state index is -1.00. The van der Waals surface area contributed by atoms with Gasteiger partial charge in [0, 0.05) is 12.8 Å². The first-order chi connectivity index (χ1) is 28.9. The lowest BCUT2D eigenvalue weighted by atomic mass is 10.0. The maximum Gasteiger partial charge on any atom is 0.326 e. The summed E-state index contributed by atoms with van der Waals surface area (Å²) in [6, 6.07) is -0.859. The Kier molecular flexibility index (Phi) is 44.7. The molecule has 0 aliphatic heterocycles. The van der Waals surface area contributed by atoms with Gasteiger partial charge in [0.1, 0.15) is 12.1 Å². The van der Waals surface area contributed by atoms with Gasteiger partial charge < -0.3 is 20.9 Å². The normalized spacial score (nSPS) is 12.9. The van der Waals surface area contributed by atoms with Gasteiger partial charge in [0.05, 0.1) is 0 Å². The van der Waals surface area contributed by atoms with Crippen molar-refractivity contribution in [2.75, 3.05) is 6.54 Å². The second-order valence-corrected chi connectivity index (χ2v) is 17.2. The number of unbranched alkanes of at least 4 members (excludes halogenated alkanes) is 26. The van der Waals surface area contributed by atoms with E-state index < -0.39 is 12.0 Å².